The molecule has 1 unspecified atom stereocenters. The fraction of sp³-hybridized carbons (Fsp3) is 0.667. The fourth-order valence-corrected chi connectivity index (χ4v) is 4.31. The van der Waals surface area contributed by atoms with E-state index in [-0.39, 0.29) is 18.0 Å². The summed E-state index contributed by atoms with van der Waals surface area (Å²) in [5.74, 6) is 0.0191. The summed E-state index contributed by atoms with van der Waals surface area (Å²) in [6.45, 7) is 0. The molecule has 0 saturated carbocycles. The summed E-state index contributed by atoms with van der Waals surface area (Å²) in [6.07, 6.45) is 4.53. The third kappa shape index (κ3) is 2.80. The van der Waals surface area contributed by atoms with E-state index >= 15 is 0 Å². The van der Waals surface area contributed by atoms with Crippen LogP contribution in [0.5, 0.6) is 0 Å². The number of ketones is 1. The van der Waals surface area contributed by atoms with Crippen molar-refractivity contribution in [3.8, 4) is 0 Å². The zero-order chi connectivity index (χ0) is 13.2. The number of nitrogens with zero attached hydrogens (tertiary/aromatic N) is 2. The van der Waals surface area contributed by atoms with Crippen LogP contribution in [0.4, 0.5) is 0 Å². The molecular formula is C12H18N2O3S. The Balaban J connectivity index is 1.98. The van der Waals surface area contributed by atoms with Crippen LogP contribution in [0.15, 0.2) is 12.3 Å². The van der Waals surface area contributed by atoms with E-state index in [2.05, 4.69) is 5.10 Å². The lowest BCUT2D eigenvalue weighted by molar-refractivity contribution is -0.118. The van der Waals surface area contributed by atoms with Gasteiger partial charge in [-0.1, -0.05) is 6.42 Å². The van der Waals surface area contributed by atoms with Crippen molar-refractivity contribution in [2.24, 2.45) is 7.05 Å². The van der Waals surface area contributed by atoms with Crippen LogP contribution in [-0.4, -0.2) is 35.0 Å². The Kier molecular flexibility index (Phi) is 3.85. The van der Waals surface area contributed by atoms with Crippen LogP contribution < -0.4 is 0 Å². The topological polar surface area (TPSA) is 69.0 Å². The molecule has 1 aromatic heterocycles. The molecule has 6 heteroatoms. The summed E-state index contributed by atoms with van der Waals surface area (Å²) in [5.41, 5.74) is 0.955. The first-order valence-corrected chi connectivity index (χ1v) is 7.93. The number of sulfone groups is 1. The molecule has 100 valence electrons. The van der Waals surface area contributed by atoms with E-state index < -0.39 is 15.1 Å². The summed E-state index contributed by atoms with van der Waals surface area (Å²) in [7, 11) is -1.38. The van der Waals surface area contributed by atoms with Crippen LogP contribution >= 0.6 is 0 Å². The lowest BCUT2D eigenvalue weighted by Gasteiger charge is -2.20. The van der Waals surface area contributed by atoms with Crippen molar-refractivity contribution in [2.45, 2.75) is 37.4 Å². The molecule has 0 radical (unpaired) electrons. The fourth-order valence-electron chi connectivity index (χ4n) is 2.37. The zero-order valence-corrected chi connectivity index (χ0v) is 11.3. The van der Waals surface area contributed by atoms with E-state index in [1.165, 1.54) is 0 Å². The first-order chi connectivity index (χ1) is 8.50. The summed E-state index contributed by atoms with van der Waals surface area (Å²) in [5, 5.41) is 3.26. The van der Waals surface area contributed by atoms with Gasteiger partial charge < -0.3 is 0 Å². The Morgan fingerprint density at radius 2 is 2.28 bits per heavy atom. The standard InChI is InChI=1S/C12H18N2O3S/c1-14-10(7-8-13-14)5-6-11(15)12-4-2-3-9-18(12,16)17/h7-8,12H,2-6,9H2,1H3. The molecule has 1 atom stereocenters. The third-order valence-electron chi connectivity index (χ3n) is 3.49. The molecule has 2 heterocycles. The largest absolute Gasteiger partial charge is 0.298 e. The maximum atomic E-state index is 12.0. The average molecular weight is 270 g/mol. The van der Waals surface area contributed by atoms with E-state index in [4.69, 9.17) is 0 Å². The van der Waals surface area contributed by atoms with Crippen LogP contribution in [0.25, 0.3) is 0 Å². The number of carbonyl (C=O) groups is 1. The molecule has 1 saturated heterocycles. The molecule has 0 spiro atoms. The second-order valence-electron chi connectivity index (χ2n) is 4.76. The van der Waals surface area contributed by atoms with Gasteiger partial charge >= 0.3 is 0 Å². The molecule has 18 heavy (non-hydrogen) atoms. The third-order valence-corrected chi connectivity index (χ3v) is 5.71. The molecule has 0 N–H and O–H groups in total. The molecule has 1 aromatic rings. The lowest BCUT2D eigenvalue weighted by Crippen LogP contribution is -2.35. The molecule has 0 aromatic carbocycles. The minimum atomic E-state index is -3.20. The van der Waals surface area contributed by atoms with Gasteiger partial charge in [0.1, 0.15) is 5.25 Å². The minimum Gasteiger partial charge on any atom is -0.298 e. The maximum Gasteiger partial charge on any atom is 0.160 e. The van der Waals surface area contributed by atoms with Crippen LogP contribution in [0, 0.1) is 0 Å². The molecule has 5 nitrogen and oxygen atoms in total. The quantitative estimate of drug-likeness (QED) is 0.814. The number of hydrogen-bond donors (Lipinski definition) is 0. The van der Waals surface area contributed by atoms with Crippen LogP contribution in [0.2, 0.25) is 0 Å². The molecule has 1 fully saturated rings. The normalized spacial score (nSPS) is 22.8. The summed E-state index contributed by atoms with van der Waals surface area (Å²) in [6, 6.07) is 1.85. The van der Waals surface area contributed by atoms with E-state index in [0.717, 1.165) is 12.1 Å². The van der Waals surface area contributed by atoms with Gasteiger partial charge in [0, 0.05) is 25.4 Å². The van der Waals surface area contributed by atoms with E-state index in [1.807, 2.05) is 13.1 Å². The average Bonchev–Trinajstić information content (AvgIpc) is 2.71. The number of Topliss-reactive ketones (excluding diaryl/α,β-unsaturated/α-hetero) is 1. The summed E-state index contributed by atoms with van der Waals surface area (Å²) >= 11 is 0. The van der Waals surface area contributed by atoms with Crippen molar-refractivity contribution >= 4 is 15.6 Å². The van der Waals surface area contributed by atoms with Crippen molar-refractivity contribution in [3.05, 3.63) is 18.0 Å². The maximum absolute atomic E-state index is 12.0. The van der Waals surface area contributed by atoms with Gasteiger partial charge in [0.15, 0.2) is 15.6 Å². The van der Waals surface area contributed by atoms with Gasteiger partial charge in [0.25, 0.3) is 0 Å². The highest BCUT2D eigenvalue weighted by Crippen LogP contribution is 2.21. The number of aryl methyl sites for hydroxylation is 2. The highest BCUT2D eigenvalue weighted by atomic mass is 32.2. The van der Waals surface area contributed by atoms with Gasteiger partial charge in [-0.15, -0.1) is 0 Å². The smallest absolute Gasteiger partial charge is 0.160 e. The van der Waals surface area contributed by atoms with Gasteiger partial charge in [-0.25, -0.2) is 8.42 Å². The first-order valence-electron chi connectivity index (χ1n) is 6.22. The van der Waals surface area contributed by atoms with Gasteiger partial charge in [-0.2, -0.15) is 5.10 Å². The lowest BCUT2D eigenvalue weighted by atomic mass is 10.1. The Hall–Kier alpha value is -1.17. The second kappa shape index (κ2) is 5.22. The Bertz CT molecular complexity index is 533. The van der Waals surface area contributed by atoms with Crippen molar-refractivity contribution in [3.63, 3.8) is 0 Å². The number of aromatic nitrogens is 2. The first kappa shape index (κ1) is 13.3. The molecule has 1 aliphatic heterocycles. The summed E-state index contributed by atoms with van der Waals surface area (Å²) in [4.78, 5) is 12.0. The van der Waals surface area contributed by atoms with Crippen LogP contribution in [0.3, 0.4) is 0 Å². The van der Waals surface area contributed by atoms with E-state index in [1.54, 1.807) is 10.9 Å². The second-order valence-corrected chi connectivity index (χ2v) is 7.07. The van der Waals surface area contributed by atoms with Crippen LogP contribution in [0.1, 0.15) is 31.4 Å². The predicted octanol–water partition coefficient (Wildman–Crippen LogP) is 0.889. The molecule has 0 bridgehead atoms. The minimum absolute atomic E-state index is 0.143. The highest BCUT2D eigenvalue weighted by Gasteiger charge is 2.34. The Morgan fingerprint density at radius 3 is 2.89 bits per heavy atom. The van der Waals surface area contributed by atoms with Gasteiger partial charge in [0.05, 0.1) is 5.75 Å². The summed E-state index contributed by atoms with van der Waals surface area (Å²) < 4.78 is 25.3. The Morgan fingerprint density at radius 1 is 1.50 bits per heavy atom. The SMILES string of the molecule is Cn1nccc1CCC(=O)C1CCCCS1(=O)=O. The molecule has 0 amide bonds. The van der Waals surface area contributed by atoms with Crippen molar-refractivity contribution in [1.29, 1.82) is 0 Å². The predicted molar refractivity (Wildman–Crippen MR) is 68.0 cm³/mol. The molecule has 0 aliphatic carbocycles. The number of rotatable bonds is 4. The highest BCUT2D eigenvalue weighted by molar-refractivity contribution is 7.92. The zero-order valence-electron chi connectivity index (χ0n) is 10.5. The van der Waals surface area contributed by atoms with Crippen molar-refractivity contribution in [2.75, 3.05) is 5.75 Å². The van der Waals surface area contributed by atoms with Gasteiger partial charge in [0.2, 0.25) is 0 Å². The van der Waals surface area contributed by atoms with Gasteiger partial charge in [-0.05, 0) is 25.3 Å². The van der Waals surface area contributed by atoms with Crippen molar-refractivity contribution in [1.82, 2.24) is 9.78 Å². The molecule has 2 rings (SSSR count). The van der Waals surface area contributed by atoms with E-state index in [9.17, 15) is 13.2 Å². The van der Waals surface area contributed by atoms with E-state index in [0.29, 0.717) is 19.3 Å². The van der Waals surface area contributed by atoms with Crippen LogP contribution in [-0.2, 0) is 28.1 Å². The Labute approximate surface area is 107 Å². The molecular weight excluding hydrogens is 252 g/mol. The van der Waals surface area contributed by atoms with Gasteiger partial charge in [-0.3, -0.25) is 9.48 Å². The molecule has 1 aliphatic rings. The van der Waals surface area contributed by atoms with Crippen molar-refractivity contribution < 1.29 is 13.2 Å². The monoisotopic (exact) mass is 270 g/mol. The number of carbonyl (C=O) groups excluding carboxylic acids is 1. The number of hydrogen-bond acceptors (Lipinski definition) is 4.